The van der Waals surface area contributed by atoms with Crippen LogP contribution in [0.4, 0.5) is 0 Å². The largest absolute Gasteiger partial charge is 0.445 e. The van der Waals surface area contributed by atoms with Crippen LogP contribution in [0, 0.1) is 34.6 Å². The lowest BCUT2D eigenvalue weighted by Crippen LogP contribution is -1.85. The first-order chi connectivity index (χ1) is 17.2. The second kappa shape index (κ2) is 15.3. The Labute approximate surface area is 224 Å². The molecule has 4 aromatic heterocycles. The zero-order valence-electron chi connectivity index (χ0n) is 24.6. The minimum atomic E-state index is 0.339. The second-order valence-electron chi connectivity index (χ2n) is 9.81. The highest BCUT2D eigenvalue weighted by Crippen LogP contribution is 2.18. The molecule has 0 aliphatic heterocycles. The number of hydrogen-bond donors (Lipinski definition) is 0. The van der Waals surface area contributed by atoms with Crippen LogP contribution in [0.5, 0.6) is 0 Å². The van der Waals surface area contributed by atoms with Crippen molar-refractivity contribution in [2.45, 2.75) is 114 Å². The van der Waals surface area contributed by atoms with Crippen molar-refractivity contribution in [1.82, 2.24) is 35.5 Å². The van der Waals surface area contributed by atoms with Crippen molar-refractivity contribution in [2.75, 3.05) is 0 Å². The molecule has 206 valence electrons. The molecular weight excluding hydrogens is 490 g/mol. The highest BCUT2D eigenvalue weighted by molar-refractivity contribution is 7.11. The van der Waals surface area contributed by atoms with E-state index in [9.17, 15) is 0 Å². The summed E-state index contributed by atoms with van der Waals surface area (Å²) in [6.45, 7) is 26.0. The molecule has 0 fully saturated rings. The van der Waals surface area contributed by atoms with Crippen LogP contribution >= 0.6 is 11.3 Å². The lowest BCUT2D eigenvalue weighted by molar-refractivity contribution is 0.362. The molecule has 0 unspecified atom stereocenters. The maximum Gasteiger partial charge on any atom is 0.229 e. The summed E-state index contributed by atoms with van der Waals surface area (Å²) in [7, 11) is 0. The first-order valence-electron chi connectivity index (χ1n) is 12.5. The number of nitrogens with zero attached hydrogens (tertiary/aromatic N) is 7. The molecule has 0 saturated carbocycles. The van der Waals surface area contributed by atoms with Crippen LogP contribution in [-0.4, -0.2) is 35.5 Å². The molecule has 0 N–H and O–H groups in total. The third-order valence-electron chi connectivity index (χ3n) is 4.65. The van der Waals surface area contributed by atoms with Crippen molar-refractivity contribution in [3.05, 3.63) is 50.9 Å². The second-order valence-corrected chi connectivity index (χ2v) is 11.0. The van der Waals surface area contributed by atoms with E-state index >= 15 is 0 Å². The average molecular weight is 534 g/mol. The van der Waals surface area contributed by atoms with E-state index in [1.54, 1.807) is 18.3 Å². The van der Waals surface area contributed by atoms with Gasteiger partial charge in [0.1, 0.15) is 15.8 Å². The van der Waals surface area contributed by atoms with Gasteiger partial charge in [0.05, 0.1) is 5.69 Å². The van der Waals surface area contributed by atoms with Gasteiger partial charge in [-0.25, -0.2) is 4.98 Å². The molecule has 0 bridgehead atoms. The van der Waals surface area contributed by atoms with Crippen LogP contribution in [0.2, 0.25) is 0 Å². The SMILES string of the molecule is Cc1nc(C(C)C)oc1C.Cc1nnc(C(C)C)o1.Cc1nnc(C(C)C)s1.Cc1noc(C(C)C)n1. The van der Waals surface area contributed by atoms with Crippen molar-refractivity contribution < 1.29 is 13.4 Å². The molecule has 0 atom stereocenters. The normalized spacial score (nSPS) is 10.7. The van der Waals surface area contributed by atoms with Crippen LogP contribution in [0.1, 0.15) is 130 Å². The monoisotopic (exact) mass is 533 g/mol. The predicted molar refractivity (Wildman–Crippen MR) is 145 cm³/mol. The quantitative estimate of drug-likeness (QED) is 0.262. The fraction of sp³-hybridized carbons (Fsp3) is 0.654. The van der Waals surface area contributed by atoms with Gasteiger partial charge in [0.2, 0.25) is 17.7 Å². The van der Waals surface area contributed by atoms with Gasteiger partial charge in [0.25, 0.3) is 0 Å². The first-order valence-corrected chi connectivity index (χ1v) is 13.4. The Kier molecular flexibility index (Phi) is 13.3. The summed E-state index contributed by atoms with van der Waals surface area (Å²) in [5, 5.41) is 21.2. The Morgan fingerprint density at radius 3 is 1.41 bits per heavy atom. The maximum absolute atomic E-state index is 5.36. The van der Waals surface area contributed by atoms with Crippen molar-refractivity contribution >= 4 is 11.3 Å². The molecule has 0 aliphatic carbocycles. The summed E-state index contributed by atoms with van der Waals surface area (Å²) in [6.07, 6.45) is 0. The molecular formula is C26H43N7O3S. The molecule has 0 spiro atoms. The van der Waals surface area contributed by atoms with E-state index in [4.69, 9.17) is 13.4 Å². The predicted octanol–water partition coefficient (Wildman–Crippen LogP) is 7.39. The van der Waals surface area contributed by atoms with Crippen LogP contribution in [-0.2, 0) is 0 Å². The first kappa shape index (κ1) is 32.1. The maximum atomic E-state index is 5.36. The topological polar surface area (TPSA) is 130 Å². The summed E-state index contributed by atoms with van der Waals surface area (Å²) in [5.74, 6) is 6.15. The van der Waals surface area contributed by atoms with Crippen LogP contribution in [0.15, 0.2) is 13.4 Å². The molecule has 0 saturated heterocycles. The minimum absolute atomic E-state index is 0.339. The molecule has 4 rings (SSSR count). The number of hydrogen-bond acceptors (Lipinski definition) is 11. The van der Waals surface area contributed by atoms with Gasteiger partial charge in [0.15, 0.2) is 11.7 Å². The molecule has 11 heteroatoms. The van der Waals surface area contributed by atoms with Gasteiger partial charge < -0.3 is 13.4 Å². The summed E-state index contributed by atoms with van der Waals surface area (Å²) >= 11 is 1.67. The Morgan fingerprint density at radius 1 is 0.595 bits per heavy atom. The van der Waals surface area contributed by atoms with E-state index in [1.807, 2.05) is 55.4 Å². The van der Waals surface area contributed by atoms with Gasteiger partial charge in [-0.15, -0.1) is 31.7 Å². The zero-order chi connectivity index (χ0) is 28.3. The van der Waals surface area contributed by atoms with E-state index in [-0.39, 0.29) is 0 Å². The molecule has 10 nitrogen and oxygen atoms in total. The highest BCUT2D eigenvalue weighted by atomic mass is 32.1. The number of aromatic nitrogens is 7. The standard InChI is InChI=1S/C8H13NO.2C6H10N2O.C6H10N2S/c1-5(2)8-9-6(3)7(4)10-8;1-4(2)6-8-7-5(3)9-6;1-4(2)6-7-5(3)8-9-6;1-4(2)6-8-7-5(3)9-6/h5H,1-4H3;3*4H,1-3H3. The van der Waals surface area contributed by atoms with E-state index in [0.717, 1.165) is 27.4 Å². The molecule has 4 aromatic rings. The Bertz CT molecular complexity index is 1050. The van der Waals surface area contributed by atoms with Gasteiger partial charge >= 0.3 is 0 Å². The Hall–Kier alpha value is -2.95. The van der Waals surface area contributed by atoms with Crippen molar-refractivity contribution in [3.8, 4) is 0 Å². The highest BCUT2D eigenvalue weighted by Gasteiger charge is 2.08. The zero-order valence-corrected chi connectivity index (χ0v) is 25.4. The van der Waals surface area contributed by atoms with Gasteiger partial charge in [-0.05, 0) is 27.7 Å². The summed E-state index contributed by atoms with van der Waals surface area (Å²) in [5.41, 5.74) is 1.00. The summed E-state index contributed by atoms with van der Waals surface area (Å²) < 4.78 is 15.4. The van der Waals surface area contributed by atoms with Gasteiger partial charge in [-0.3, -0.25) is 0 Å². The van der Waals surface area contributed by atoms with Crippen LogP contribution in [0.3, 0.4) is 0 Å². The number of aryl methyl sites for hydroxylation is 5. The van der Waals surface area contributed by atoms with Gasteiger partial charge in [-0.2, -0.15) is 4.98 Å². The molecule has 0 aromatic carbocycles. The average Bonchev–Trinajstić information content (AvgIpc) is 3.59. The lowest BCUT2D eigenvalue weighted by atomic mass is 10.2. The van der Waals surface area contributed by atoms with Crippen molar-refractivity contribution in [2.24, 2.45) is 0 Å². The Balaban J connectivity index is 0.000000247. The van der Waals surface area contributed by atoms with Crippen molar-refractivity contribution in [3.63, 3.8) is 0 Å². The third kappa shape index (κ3) is 11.8. The third-order valence-corrected chi connectivity index (χ3v) is 5.79. The fourth-order valence-corrected chi connectivity index (χ4v) is 3.08. The van der Waals surface area contributed by atoms with Crippen molar-refractivity contribution in [1.29, 1.82) is 0 Å². The van der Waals surface area contributed by atoms with Gasteiger partial charge in [0, 0.05) is 30.6 Å². The molecule has 0 radical (unpaired) electrons. The van der Waals surface area contributed by atoms with E-state index in [2.05, 4.69) is 63.2 Å². The molecule has 37 heavy (non-hydrogen) atoms. The molecule has 4 heterocycles. The summed E-state index contributed by atoms with van der Waals surface area (Å²) in [4.78, 5) is 8.28. The number of oxazole rings is 1. The van der Waals surface area contributed by atoms with E-state index in [1.165, 1.54) is 0 Å². The molecule has 0 aliphatic rings. The minimum Gasteiger partial charge on any atom is -0.445 e. The van der Waals surface area contributed by atoms with E-state index in [0.29, 0.717) is 47.2 Å². The van der Waals surface area contributed by atoms with E-state index < -0.39 is 0 Å². The van der Waals surface area contributed by atoms with Crippen LogP contribution < -0.4 is 0 Å². The number of rotatable bonds is 4. The van der Waals surface area contributed by atoms with Gasteiger partial charge in [-0.1, -0.05) is 60.5 Å². The fourth-order valence-electron chi connectivity index (χ4n) is 2.38. The molecule has 0 amide bonds. The van der Waals surface area contributed by atoms with Crippen LogP contribution in [0.25, 0.3) is 0 Å². The Morgan fingerprint density at radius 2 is 1.19 bits per heavy atom. The lowest BCUT2D eigenvalue weighted by Gasteiger charge is -1.93. The summed E-state index contributed by atoms with van der Waals surface area (Å²) in [6, 6.07) is 0. The smallest absolute Gasteiger partial charge is 0.229 e.